The third-order valence-corrected chi connectivity index (χ3v) is 6.07. The van der Waals surface area contributed by atoms with Crippen LogP contribution in [0.5, 0.6) is 0 Å². The van der Waals surface area contributed by atoms with Crippen molar-refractivity contribution < 1.29 is 9.18 Å². The van der Waals surface area contributed by atoms with Gasteiger partial charge in [0.2, 0.25) is 5.91 Å². The third-order valence-electron chi connectivity index (χ3n) is 5.71. The fourth-order valence-corrected chi connectivity index (χ4v) is 3.95. The van der Waals surface area contributed by atoms with Crippen molar-refractivity contribution in [3.05, 3.63) is 64.8 Å². The number of nitrogens with one attached hydrogen (secondary N) is 1. The summed E-state index contributed by atoms with van der Waals surface area (Å²) in [5.74, 6) is 0.0818. The molecule has 5 rings (SSSR count). The molecule has 1 saturated carbocycles. The molecule has 0 spiro atoms. The lowest BCUT2D eigenvalue weighted by atomic mass is 9.88. The maximum atomic E-state index is 14.8. The molecule has 3 aromatic rings. The van der Waals surface area contributed by atoms with E-state index in [-0.39, 0.29) is 5.15 Å². The van der Waals surface area contributed by atoms with E-state index in [2.05, 4.69) is 17.3 Å². The Balaban J connectivity index is 0.000000407. The molecule has 0 radical (unpaired) electrons. The highest BCUT2D eigenvalue weighted by Crippen LogP contribution is 2.36. The average Bonchev–Trinajstić information content (AvgIpc) is 3.29. The number of nitrogens with zero attached hydrogens (tertiary/aromatic N) is 3. The van der Waals surface area contributed by atoms with Gasteiger partial charge in [-0.1, -0.05) is 49.9 Å². The molecule has 1 aromatic carbocycles. The van der Waals surface area contributed by atoms with Crippen molar-refractivity contribution in [2.75, 3.05) is 13.6 Å². The normalized spacial score (nSPS) is 16.0. The van der Waals surface area contributed by atoms with E-state index in [1.54, 1.807) is 22.7 Å². The predicted molar refractivity (Wildman–Crippen MR) is 121 cm³/mol. The topological polar surface area (TPSA) is 75.7 Å². The number of hydrogen-bond donors (Lipinski definition) is 2. The van der Waals surface area contributed by atoms with E-state index in [1.807, 2.05) is 24.3 Å². The number of rotatable bonds is 3. The second-order valence-corrected chi connectivity index (χ2v) is 8.42. The Morgan fingerprint density at radius 3 is 2.65 bits per heavy atom. The number of hydrogen-bond acceptors (Lipinski definition) is 4. The van der Waals surface area contributed by atoms with E-state index in [0.29, 0.717) is 34.6 Å². The van der Waals surface area contributed by atoms with Crippen molar-refractivity contribution >= 4 is 28.7 Å². The molecular formula is C23H25ClFN5O. The minimum absolute atomic E-state index is 0.266. The largest absolute Gasteiger partial charge is 0.366 e. The Kier molecular flexibility index (Phi) is 5.98. The molecular weight excluding hydrogens is 417 g/mol. The van der Waals surface area contributed by atoms with Crippen LogP contribution in [0.4, 0.5) is 4.39 Å². The molecule has 31 heavy (non-hydrogen) atoms. The maximum absolute atomic E-state index is 14.8. The van der Waals surface area contributed by atoms with Gasteiger partial charge in [-0.15, -0.1) is 0 Å². The zero-order valence-electron chi connectivity index (χ0n) is 17.5. The van der Waals surface area contributed by atoms with Crippen molar-refractivity contribution in [1.29, 1.82) is 0 Å². The van der Waals surface area contributed by atoms with Gasteiger partial charge in [-0.2, -0.15) is 0 Å². The van der Waals surface area contributed by atoms with E-state index in [4.69, 9.17) is 17.3 Å². The summed E-state index contributed by atoms with van der Waals surface area (Å²) < 4.78 is 16.3. The number of fused-ring (bicyclic) bond motifs is 1. The number of aromatic nitrogens is 2. The number of halogens is 2. The Bertz CT molecular complexity index is 1170. The highest BCUT2D eigenvalue weighted by molar-refractivity contribution is 6.32. The standard InChI is InChI=1S/C18H15ClFN5O.C5H10/c1-24-9-11(8-22-24)12-3-2-4-13(20)15(12)16-17(19)25-6-5-10(18(21)26)7-14(25)23-16;1-5-3-2-4-5/h2-7,9,22H,8H2,1H3,(H2,21,26);5H,2-4H2,1H3. The zero-order chi connectivity index (χ0) is 22.1. The Hall–Kier alpha value is -2.90. The monoisotopic (exact) mass is 441 g/mol. The summed E-state index contributed by atoms with van der Waals surface area (Å²) in [5, 5.41) is 2.08. The Morgan fingerprint density at radius 1 is 1.32 bits per heavy atom. The van der Waals surface area contributed by atoms with Crippen molar-refractivity contribution in [1.82, 2.24) is 19.8 Å². The van der Waals surface area contributed by atoms with Crippen molar-refractivity contribution in [2.24, 2.45) is 11.7 Å². The average molecular weight is 442 g/mol. The molecule has 1 aliphatic heterocycles. The van der Waals surface area contributed by atoms with Crippen LogP contribution in [0.2, 0.25) is 5.15 Å². The summed E-state index contributed by atoms with van der Waals surface area (Å²) in [6.07, 6.45) is 7.95. The number of pyridine rings is 1. The molecule has 3 N–H and O–H groups in total. The number of hydrazine groups is 1. The van der Waals surface area contributed by atoms with Crippen LogP contribution < -0.4 is 11.2 Å². The van der Waals surface area contributed by atoms with Gasteiger partial charge in [0.1, 0.15) is 22.3 Å². The smallest absolute Gasteiger partial charge is 0.248 e. The fraction of sp³-hybridized carbons (Fsp3) is 0.304. The predicted octanol–water partition coefficient (Wildman–Crippen LogP) is 4.49. The number of carbonyl (C=O) groups is 1. The van der Waals surface area contributed by atoms with Crippen LogP contribution in [0.3, 0.4) is 0 Å². The molecule has 0 bridgehead atoms. The van der Waals surface area contributed by atoms with Crippen LogP contribution in [-0.2, 0) is 0 Å². The molecule has 1 amide bonds. The molecule has 8 heteroatoms. The first-order valence-corrected chi connectivity index (χ1v) is 10.7. The SMILES string of the molecule is CC1CCC1.CN1C=C(c2cccc(F)c2-c2nc3cc(C(N)=O)ccn3c2Cl)CN1. The van der Waals surface area contributed by atoms with Crippen molar-refractivity contribution in [2.45, 2.75) is 26.2 Å². The van der Waals surface area contributed by atoms with Gasteiger partial charge in [0.15, 0.2) is 0 Å². The minimum Gasteiger partial charge on any atom is -0.366 e. The zero-order valence-corrected chi connectivity index (χ0v) is 18.3. The number of primary amides is 1. The maximum Gasteiger partial charge on any atom is 0.248 e. The van der Waals surface area contributed by atoms with Crippen LogP contribution in [0.25, 0.3) is 22.5 Å². The van der Waals surface area contributed by atoms with Crippen LogP contribution in [-0.4, -0.2) is 33.9 Å². The molecule has 1 fully saturated rings. The molecule has 2 aliphatic rings. The summed E-state index contributed by atoms with van der Waals surface area (Å²) in [5.41, 5.74) is 11.5. The van der Waals surface area contributed by atoms with Gasteiger partial charge < -0.3 is 10.7 Å². The van der Waals surface area contributed by atoms with Crippen LogP contribution >= 0.6 is 11.6 Å². The summed E-state index contributed by atoms with van der Waals surface area (Å²) >= 11 is 6.48. The van der Waals surface area contributed by atoms with Crippen LogP contribution in [0.1, 0.15) is 42.1 Å². The van der Waals surface area contributed by atoms with E-state index >= 15 is 0 Å². The fourth-order valence-electron chi connectivity index (χ4n) is 3.67. The first kappa shape index (κ1) is 21.3. The molecule has 0 saturated heterocycles. The van der Waals surface area contributed by atoms with E-state index < -0.39 is 11.7 Å². The number of amides is 1. The summed E-state index contributed by atoms with van der Waals surface area (Å²) in [7, 11) is 1.87. The third kappa shape index (κ3) is 4.29. The first-order valence-electron chi connectivity index (χ1n) is 10.3. The lowest BCUT2D eigenvalue weighted by Crippen LogP contribution is -2.23. The minimum atomic E-state index is -0.565. The lowest BCUT2D eigenvalue weighted by Gasteiger charge is -2.18. The first-order chi connectivity index (χ1) is 14.8. The molecule has 3 heterocycles. The Morgan fingerprint density at radius 2 is 2.06 bits per heavy atom. The molecule has 162 valence electrons. The summed E-state index contributed by atoms with van der Waals surface area (Å²) in [4.78, 5) is 15.9. The van der Waals surface area contributed by atoms with Gasteiger partial charge in [0, 0.05) is 37.1 Å². The van der Waals surface area contributed by atoms with Crippen LogP contribution in [0.15, 0.2) is 42.7 Å². The number of benzene rings is 1. The second-order valence-electron chi connectivity index (χ2n) is 8.06. The van der Waals surface area contributed by atoms with E-state index in [0.717, 1.165) is 11.5 Å². The summed E-state index contributed by atoms with van der Waals surface area (Å²) in [6, 6.07) is 7.94. The van der Waals surface area contributed by atoms with Gasteiger partial charge in [0.05, 0.1) is 0 Å². The molecule has 2 aromatic heterocycles. The molecule has 1 aliphatic carbocycles. The molecule has 6 nitrogen and oxygen atoms in total. The van der Waals surface area contributed by atoms with Gasteiger partial charge in [-0.25, -0.2) is 14.8 Å². The quantitative estimate of drug-likeness (QED) is 0.628. The number of carbonyl (C=O) groups excluding carboxylic acids is 1. The molecule has 0 atom stereocenters. The highest BCUT2D eigenvalue weighted by Gasteiger charge is 2.23. The molecule has 0 unspecified atom stereocenters. The van der Waals surface area contributed by atoms with Gasteiger partial charge >= 0.3 is 0 Å². The second kappa shape index (κ2) is 8.69. The van der Waals surface area contributed by atoms with Crippen LogP contribution in [0, 0.1) is 11.7 Å². The van der Waals surface area contributed by atoms with Gasteiger partial charge in [-0.3, -0.25) is 9.20 Å². The van der Waals surface area contributed by atoms with E-state index in [1.165, 1.54) is 31.4 Å². The van der Waals surface area contributed by atoms with E-state index in [9.17, 15) is 9.18 Å². The van der Waals surface area contributed by atoms with Gasteiger partial charge in [-0.05, 0) is 35.3 Å². The number of nitrogens with two attached hydrogens (primary N) is 1. The summed E-state index contributed by atoms with van der Waals surface area (Å²) in [6.45, 7) is 2.88. The highest BCUT2D eigenvalue weighted by atomic mass is 35.5. The number of imidazole rings is 1. The van der Waals surface area contributed by atoms with Gasteiger partial charge in [0.25, 0.3) is 0 Å². The lowest BCUT2D eigenvalue weighted by molar-refractivity contribution is 0.1000. The Labute approximate surface area is 185 Å². The van der Waals surface area contributed by atoms with Crippen molar-refractivity contribution in [3.8, 4) is 11.3 Å². The van der Waals surface area contributed by atoms with Crippen molar-refractivity contribution in [3.63, 3.8) is 0 Å².